The SMILES string of the molecule is CC(C)N(CC1CC1)c1cc(C(F)(F)F)ncc1N. The highest BCUT2D eigenvalue weighted by Crippen LogP contribution is 2.36. The van der Waals surface area contributed by atoms with Crippen LogP contribution in [0.25, 0.3) is 0 Å². The molecule has 1 saturated carbocycles. The lowest BCUT2D eigenvalue weighted by molar-refractivity contribution is -0.141. The number of aromatic nitrogens is 1. The van der Waals surface area contributed by atoms with E-state index < -0.39 is 11.9 Å². The number of rotatable bonds is 4. The van der Waals surface area contributed by atoms with Crippen molar-refractivity contribution in [2.24, 2.45) is 5.92 Å². The molecule has 1 aromatic rings. The van der Waals surface area contributed by atoms with Crippen LogP contribution in [0.2, 0.25) is 0 Å². The minimum absolute atomic E-state index is 0.103. The molecule has 6 heteroatoms. The van der Waals surface area contributed by atoms with Gasteiger partial charge in [0.05, 0.1) is 17.6 Å². The van der Waals surface area contributed by atoms with Crippen LogP contribution in [0.15, 0.2) is 12.3 Å². The molecule has 2 rings (SSSR count). The Morgan fingerprint density at radius 1 is 1.42 bits per heavy atom. The molecule has 1 aromatic heterocycles. The monoisotopic (exact) mass is 273 g/mol. The number of hydrogen-bond acceptors (Lipinski definition) is 3. The molecule has 106 valence electrons. The van der Waals surface area contributed by atoms with Crippen molar-refractivity contribution < 1.29 is 13.2 Å². The zero-order valence-electron chi connectivity index (χ0n) is 11.0. The summed E-state index contributed by atoms with van der Waals surface area (Å²) in [5.74, 6) is 0.573. The van der Waals surface area contributed by atoms with Crippen molar-refractivity contribution >= 4 is 11.4 Å². The van der Waals surface area contributed by atoms with Crippen LogP contribution < -0.4 is 10.6 Å². The first-order valence-corrected chi connectivity index (χ1v) is 6.38. The highest BCUT2D eigenvalue weighted by Gasteiger charge is 2.34. The van der Waals surface area contributed by atoms with Gasteiger partial charge in [-0.3, -0.25) is 0 Å². The van der Waals surface area contributed by atoms with Crippen molar-refractivity contribution in [3.63, 3.8) is 0 Å². The highest BCUT2D eigenvalue weighted by molar-refractivity contribution is 5.67. The second-order valence-corrected chi connectivity index (χ2v) is 5.32. The summed E-state index contributed by atoms with van der Waals surface area (Å²) in [6, 6.07) is 1.16. The summed E-state index contributed by atoms with van der Waals surface area (Å²) in [4.78, 5) is 5.30. The fourth-order valence-electron chi connectivity index (χ4n) is 2.03. The molecule has 0 amide bonds. The van der Waals surface area contributed by atoms with Gasteiger partial charge in [-0.1, -0.05) is 0 Å². The molecule has 1 heterocycles. The maximum absolute atomic E-state index is 12.7. The predicted molar refractivity (Wildman–Crippen MR) is 68.9 cm³/mol. The van der Waals surface area contributed by atoms with Crippen molar-refractivity contribution in [1.82, 2.24) is 4.98 Å². The molecule has 19 heavy (non-hydrogen) atoms. The topological polar surface area (TPSA) is 42.2 Å². The molecular weight excluding hydrogens is 255 g/mol. The average molecular weight is 273 g/mol. The first-order chi connectivity index (χ1) is 8.79. The Balaban J connectivity index is 2.34. The van der Waals surface area contributed by atoms with Gasteiger partial charge in [0.2, 0.25) is 0 Å². The van der Waals surface area contributed by atoms with Crippen molar-refractivity contribution in [2.75, 3.05) is 17.2 Å². The van der Waals surface area contributed by atoms with E-state index in [1.165, 1.54) is 0 Å². The van der Waals surface area contributed by atoms with Crippen LogP contribution in [0, 0.1) is 5.92 Å². The molecule has 3 nitrogen and oxygen atoms in total. The molecule has 1 fully saturated rings. The number of nitrogen functional groups attached to an aromatic ring is 1. The minimum Gasteiger partial charge on any atom is -0.396 e. The van der Waals surface area contributed by atoms with Gasteiger partial charge in [-0.2, -0.15) is 13.2 Å². The van der Waals surface area contributed by atoms with E-state index in [-0.39, 0.29) is 6.04 Å². The third-order valence-electron chi connectivity index (χ3n) is 3.29. The number of nitrogens with two attached hydrogens (primary N) is 1. The molecular formula is C13H18F3N3. The number of nitrogens with zero attached hydrogens (tertiary/aromatic N) is 2. The summed E-state index contributed by atoms with van der Waals surface area (Å²) in [5, 5.41) is 0. The van der Waals surface area contributed by atoms with Gasteiger partial charge in [-0.05, 0) is 38.7 Å². The molecule has 0 radical (unpaired) electrons. The van der Waals surface area contributed by atoms with Crippen LogP contribution in [0.3, 0.4) is 0 Å². The third-order valence-corrected chi connectivity index (χ3v) is 3.29. The quantitative estimate of drug-likeness (QED) is 0.915. The second-order valence-electron chi connectivity index (χ2n) is 5.32. The van der Waals surface area contributed by atoms with Crippen molar-refractivity contribution in [1.29, 1.82) is 0 Å². The van der Waals surface area contributed by atoms with Crippen LogP contribution >= 0.6 is 0 Å². The van der Waals surface area contributed by atoms with E-state index in [0.717, 1.165) is 31.6 Å². The Morgan fingerprint density at radius 3 is 2.53 bits per heavy atom. The lowest BCUT2D eigenvalue weighted by atomic mass is 10.2. The highest BCUT2D eigenvalue weighted by atomic mass is 19.4. The van der Waals surface area contributed by atoms with Gasteiger partial charge >= 0.3 is 6.18 Å². The first kappa shape index (κ1) is 14.0. The van der Waals surface area contributed by atoms with E-state index in [1.807, 2.05) is 18.7 Å². The zero-order valence-corrected chi connectivity index (χ0v) is 11.0. The molecule has 0 bridgehead atoms. The van der Waals surface area contributed by atoms with Gasteiger partial charge in [0, 0.05) is 12.6 Å². The average Bonchev–Trinajstić information content (AvgIpc) is 3.09. The largest absolute Gasteiger partial charge is 0.433 e. The summed E-state index contributed by atoms with van der Waals surface area (Å²) >= 11 is 0. The summed E-state index contributed by atoms with van der Waals surface area (Å²) in [6.45, 7) is 4.66. The Kier molecular flexibility index (Phi) is 3.60. The van der Waals surface area contributed by atoms with Gasteiger partial charge in [0.15, 0.2) is 0 Å². The molecule has 0 aliphatic heterocycles. The van der Waals surface area contributed by atoms with Gasteiger partial charge in [0.25, 0.3) is 0 Å². The molecule has 0 unspecified atom stereocenters. The molecule has 1 aliphatic carbocycles. The normalized spacial score (nSPS) is 15.9. The fraction of sp³-hybridized carbons (Fsp3) is 0.615. The minimum atomic E-state index is -4.44. The van der Waals surface area contributed by atoms with E-state index in [9.17, 15) is 13.2 Å². The van der Waals surface area contributed by atoms with Gasteiger partial charge in [-0.25, -0.2) is 4.98 Å². The van der Waals surface area contributed by atoms with Crippen molar-refractivity contribution in [2.45, 2.75) is 38.9 Å². The molecule has 0 atom stereocenters. The Labute approximate surface area is 110 Å². The van der Waals surface area contributed by atoms with Crippen LogP contribution in [-0.4, -0.2) is 17.6 Å². The zero-order chi connectivity index (χ0) is 14.2. The molecule has 0 saturated heterocycles. The third kappa shape index (κ3) is 3.30. The maximum atomic E-state index is 12.7. The molecule has 0 spiro atoms. The maximum Gasteiger partial charge on any atom is 0.433 e. The second kappa shape index (κ2) is 4.90. The fourth-order valence-corrected chi connectivity index (χ4v) is 2.03. The van der Waals surface area contributed by atoms with Gasteiger partial charge < -0.3 is 10.6 Å². The first-order valence-electron chi connectivity index (χ1n) is 6.38. The van der Waals surface area contributed by atoms with E-state index in [2.05, 4.69) is 4.98 Å². The Hall–Kier alpha value is -1.46. The van der Waals surface area contributed by atoms with Gasteiger partial charge in [0.1, 0.15) is 5.69 Å². The van der Waals surface area contributed by atoms with E-state index in [4.69, 9.17) is 5.73 Å². The standard InChI is InChI=1S/C13H18F3N3/c1-8(2)19(7-9-3-4-9)11-5-12(13(14,15)16)18-6-10(11)17/h5-6,8-9H,3-4,7,17H2,1-2H3. The number of anilines is 2. The van der Waals surface area contributed by atoms with E-state index in [1.54, 1.807) is 0 Å². The van der Waals surface area contributed by atoms with E-state index >= 15 is 0 Å². The molecule has 0 aromatic carbocycles. The number of halogens is 3. The summed E-state index contributed by atoms with van der Waals surface area (Å²) in [6.07, 6.45) is -1.06. The van der Waals surface area contributed by atoms with Gasteiger partial charge in [-0.15, -0.1) is 0 Å². The Bertz CT molecular complexity index is 453. The number of pyridine rings is 1. The summed E-state index contributed by atoms with van der Waals surface area (Å²) < 4.78 is 38.2. The molecule has 2 N–H and O–H groups in total. The number of alkyl halides is 3. The predicted octanol–water partition coefficient (Wildman–Crippen LogP) is 3.31. The lowest BCUT2D eigenvalue weighted by Gasteiger charge is -2.30. The van der Waals surface area contributed by atoms with Crippen molar-refractivity contribution in [3.05, 3.63) is 18.0 Å². The molecule has 1 aliphatic rings. The smallest absolute Gasteiger partial charge is 0.396 e. The summed E-state index contributed by atoms with van der Waals surface area (Å²) in [5.41, 5.74) is 5.63. The van der Waals surface area contributed by atoms with Crippen LogP contribution in [0.5, 0.6) is 0 Å². The van der Waals surface area contributed by atoms with E-state index in [0.29, 0.717) is 17.3 Å². The van der Waals surface area contributed by atoms with Crippen molar-refractivity contribution in [3.8, 4) is 0 Å². The number of hydrogen-bond donors (Lipinski definition) is 1. The van der Waals surface area contributed by atoms with Crippen LogP contribution in [0.1, 0.15) is 32.4 Å². The Morgan fingerprint density at radius 2 is 2.05 bits per heavy atom. The van der Waals surface area contributed by atoms with Crippen LogP contribution in [0.4, 0.5) is 24.5 Å². The lowest BCUT2D eigenvalue weighted by Crippen LogP contribution is -2.33. The summed E-state index contributed by atoms with van der Waals surface area (Å²) in [7, 11) is 0. The van der Waals surface area contributed by atoms with Crippen LogP contribution in [-0.2, 0) is 6.18 Å².